The third-order valence-corrected chi connectivity index (χ3v) is 6.31. The molecular weight excluding hydrogens is 541 g/mol. The van der Waals surface area contributed by atoms with E-state index in [1.807, 2.05) is 6.07 Å². The molecule has 0 atom stereocenters. The summed E-state index contributed by atoms with van der Waals surface area (Å²) < 4.78 is 28.3. The summed E-state index contributed by atoms with van der Waals surface area (Å²) in [5, 5.41) is 9.06. The third-order valence-electron chi connectivity index (χ3n) is 5.42. The van der Waals surface area contributed by atoms with E-state index >= 15 is 0 Å². The van der Waals surface area contributed by atoms with Gasteiger partial charge in [-0.15, -0.1) is 0 Å². The van der Waals surface area contributed by atoms with E-state index in [1.54, 1.807) is 42.6 Å². The van der Waals surface area contributed by atoms with Crippen LogP contribution >= 0.6 is 22.6 Å². The van der Waals surface area contributed by atoms with Gasteiger partial charge >= 0.3 is 0 Å². The number of aromatic nitrogens is 2. The van der Waals surface area contributed by atoms with E-state index in [0.717, 1.165) is 22.2 Å². The van der Waals surface area contributed by atoms with Crippen LogP contribution in [0.2, 0.25) is 0 Å². The number of allylic oxidation sites excluding steroid dienone is 1. The molecular formula is C23H20IN3O6. The summed E-state index contributed by atoms with van der Waals surface area (Å²) in [6.45, 7) is 0.759. The molecule has 3 heterocycles. The van der Waals surface area contributed by atoms with Crippen LogP contribution < -0.4 is 23.8 Å². The minimum absolute atomic E-state index is 0.138. The van der Waals surface area contributed by atoms with Crippen LogP contribution in [0, 0.1) is 3.57 Å². The minimum Gasteiger partial charge on any atom is -0.496 e. The number of nitrogens with zero attached hydrogens (tertiary/aromatic N) is 3. The first-order valence-corrected chi connectivity index (χ1v) is 11.3. The lowest BCUT2D eigenvalue weighted by Crippen LogP contribution is -2.27. The predicted molar refractivity (Wildman–Crippen MR) is 128 cm³/mol. The summed E-state index contributed by atoms with van der Waals surface area (Å²) in [4.78, 5) is 15.5. The average Bonchev–Trinajstić information content (AvgIpc) is 3.51. The van der Waals surface area contributed by atoms with Crippen LogP contribution in [0.15, 0.2) is 42.4 Å². The number of amides is 1. The largest absolute Gasteiger partial charge is 0.496 e. The van der Waals surface area contributed by atoms with E-state index in [4.69, 9.17) is 23.7 Å². The molecule has 0 aliphatic carbocycles. The number of fused-ring (bicyclic) bond motifs is 2. The Labute approximate surface area is 203 Å². The number of carbonyl (C=O) groups is 1. The van der Waals surface area contributed by atoms with Crippen molar-refractivity contribution < 1.29 is 28.5 Å². The van der Waals surface area contributed by atoms with Gasteiger partial charge in [-0.2, -0.15) is 10.2 Å². The molecule has 2 aliphatic heterocycles. The van der Waals surface area contributed by atoms with E-state index in [-0.39, 0.29) is 12.7 Å². The monoisotopic (exact) mass is 561 g/mol. The Balaban J connectivity index is 1.67. The molecule has 0 spiro atoms. The summed E-state index contributed by atoms with van der Waals surface area (Å²) in [5.74, 6) is 2.66. The van der Waals surface area contributed by atoms with Crippen LogP contribution in [0.25, 0.3) is 10.9 Å². The molecule has 10 heteroatoms. The first-order chi connectivity index (χ1) is 16.1. The lowest BCUT2D eigenvalue weighted by Gasteiger charge is -2.22. The Kier molecular flexibility index (Phi) is 5.83. The lowest BCUT2D eigenvalue weighted by atomic mass is 10.1. The topological polar surface area (TPSA) is 92.2 Å². The first kappa shape index (κ1) is 21.6. The highest BCUT2D eigenvalue weighted by Gasteiger charge is 2.26. The highest BCUT2D eigenvalue weighted by molar-refractivity contribution is 14.1. The van der Waals surface area contributed by atoms with E-state index in [2.05, 4.69) is 32.8 Å². The van der Waals surface area contributed by atoms with Gasteiger partial charge in [0.25, 0.3) is 5.91 Å². The van der Waals surface area contributed by atoms with Gasteiger partial charge in [0.15, 0.2) is 23.0 Å². The number of benzene rings is 2. The van der Waals surface area contributed by atoms with Gasteiger partial charge in [-0.3, -0.25) is 9.69 Å². The molecule has 5 rings (SSSR count). The van der Waals surface area contributed by atoms with Crippen LogP contribution in [0.4, 0.5) is 5.69 Å². The van der Waals surface area contributed by atoms with Crippen molar-refractivity contribution in [2.75, 3.05) is 32.5 Å². The maximum Gasteiger partial charge on any atom is 0.263 e. The van der Waals surface area contributed by atoms with Crippen molar-refractivity contribution in [2.24, 2.45) is 0 Å². The van der Waals surface area contributed by atoms with Gasteiger partial charge in [-0.1, -0.05) is 0 Å². The van der Waals surface area contributed by atoms with Crippen LogP contribution in [0.1, 0.15) is 23.2 Å². The Hall–Kier alpha value is -3.28. The van der Waals surface area contributed by atoms with Gasteiger partial charge in [0, 0.05) is 21.4 Å². The molecule has 3 aromatic rings. The number of rotatable bonds is 5. The van der Waals surface area contributed by atoms with Crippen molar-refractivity contribution in [1.82, 2.24) is 10.2 Å². The SMILES string of the molecule is COc1cc(I)c(C(=O)N(/C=C2\CCCO2)c2cnnc3cc4c(cc23)OCO4)cc1OC. The van der Waals surface area contributed by atoms with Crippen molar-refractivity contribution in [3.8, 4) is 23.0 Å². The second kappa shape index (κ2) is 8.93. The second-order valence-electron chi connectivity index (χ2n) is 7.36. The smallest absolute Gasteiger partial charge is 0.263 e. The van der Waals surface area contributed by atoms with Gasteiger partial charge in [-0.25, -0.2) is 0 Å². The Morgan fingerprint density at radius 1 is 1.09 bits per heavy atom. The summed E-state index contributed by atoms with van der Waals surface area (Å²) >= 11 is 2.12. The second-order valence-corrected chi connectivity index (χ2v) is 8.52. The zero-order valence-electron chi connectivity index (χ0n) is 18.0. The van der Waals surface area contributed by atoms with Crippen LogP contribution in [-0.2, 0) is 4.74 Å². The molecule has 1 aromatic heterocycles. The quantitative estimate of drug-likeness (QED) is 0.427. The number of anilines is 1. The van der Waals surface area contributed by atoms with Gasteiger partial charge in [-0.05, 0) is 47.2 Å². The molecule has 1 saturated heterocycles. The number of carbonyl (C=O) groups excluding carboxylic acids is 1. The predicted octanol–water partition coefficient (Wildman–Crippen LogP) is 4.28. The lowest BCUT2D eigenvalue weighted by molar-refractivity contribution is 0.0995. The molecule has 33 heavy (non-hydrogen) atoms. The van der Waals surface area contributed by atoms with E-state index < -0.39 is 0 Å². The zero-order valence-corrected chi connectivity index (χ0v) is 20.1. The standard InChI is InChI=1S/C23H20IN3O6/c1-29-19-6-14(16(24)8-20(19)30-2)23(28)27(11-13-4-3-5-31-13)18-10-25-26-17-9-22-21(7-15(17)18)32-12-33-22/h6-11H,3-5,12H2,1-2H3/b13-11+. The summed E-state index contributed by atoms with van der Waals surface area (Å²) in [7, 11) is 3.09. The van der Waals surface area contributed by atoms with Crippen molar-refractivity contribution in [3.63, 3.8) is 0 Å². The average molecular weight is 561 g/mol. The molecule has 170 valence electrons. The highest BCUT2D eigenvalue weighted by atomic mass is 127. The van der Waals surface area contributed by atoms with Gasteiger partial charge in [0.1, 0.15) is 5.76 Å². The molecule has 2 aliphatic rings. The van der Waals surface area contributed by atoms with Crippen molar-refractivity contribution in [1.29, 1.82) is 0 Å². The Morgan fingerprint density at radius 2 is 1.85 bits per heavy atom. The van der Waals surface area contributed by atoms with E-state index in [1.165, 1.54) is 7.11 Å². The molecule has 0 bridgehead atoms. The van der Waals surface area contributed by atoms with Gasteiger partial charge in [0.2, 0.25) is 6.79 Å². The normalized spacial score (nSPS) is 15.5. The molecule has 0 unspecified atom stereocenters. The molecule has 2 aromatic carbocycles. The molecule has 1 amide bonds. The third kappa shape index (κ3) is 3.99. The van der Waals surface area contributed by atoms with E-state index in [0.29, 0.717) is 51.8 Å². The van der Waals surface area contributed by atoms with Crippen molar-refractivity contribution in [3.05, 3.63) is 51.6 Å². The molecule has 0 N–H and O–H groups in total. The maximum atomic E-state index is 13.9. The van der Waals surface area contributed by atoms with Gasteiger partial charge < -0.3 is 23.7 Å². The van der Waals surface area contributed by atoms with Crippen molar-refractivity contribution in [2.45, 2.75) is 12.8 Å². The number of halogens is 1. The minimum atomic E-state index is -0.268. The number of hydrogen-bond donors (Lipinski definition) is 0. The summed E-state index contributed by atoms with van der Waals surface area (Å²) in [6.07, 6.45) is 4.93. The fourth-order valence-corrected chi connectivity index (χ4v) is 4.45. The number of methoxy groups -OCH3 is 2. The van der Waals surface area contributed by atoms with Crippen LogP contribution in [0.5, 0.6) is 23.0 Å². The Bertz CT molecular complexity index is 1270. The maximum absolute atomic E-state index is 13.9. The van der Waals surface area contributed by atoms with E-state index in [9.17, 15) is 4.79 Å². The van der Waals surface area contributed by atoms with Crippen LogP contribution in [-0.4, -0.2) is 43.7 Å². The molecule has 0 radical (unpaired) electrons. The first-order valence-electron chi connectivity index (χ1n) is 10.2. The fourth-order valence-electron chi connectivity index (χ4n) is 3.78. The molecule has 9 nitrogen and oxygen atoms in total. The summed E-state index contributed by atoms with van der Waals surface area (Å²) in [5.41, 5.74) is 1.59. The molecule has 1 fully saturated rings. The zero-order chi connectivity index (χ0) is 22.9. The fraction of sp³-hybridized carbons (Fsp3) is 0.261. The Morgan fingerprint density at radius 3 is 2.58 bits per heavy atom. The van der Waals surface area contributed by atoms with Crippen molar-refractivity contribution >= 4 is 45.1 Å². The molecule has 0 saturated carbocycles. The van der Waals surface area contributed by atoms with Crippen LogP contribution in [0.3, 0.4) is 0 Å². The highest BCUT2D eigenvalue weighted by Crippen LogP contribution is 2.39. The van der Waals surface area contributed by atoms with Gasteiger partial charge in [0.05, 0.1) is 50.0 Å². The number of hydrogen-bond acceptors (Lipinski definition) is 8. The summed E-state index contributed by atoms with van der Waals surface area (Å²) in [6, 6.07) is 7.02. The number of ether oxygens (including phenoxy) is 5.